The molecular formula is C26H33ClN2O2. The van der Waals surface area contributed by atoms with Crippen molar-refractivity contribution in [1.82, 2.24) is 10.2 Å². The lowest BCUT2D eigenvalue weighted by Crippen LogP contribution is -2.51. The van der Waals surface area contributed by atoms with E-state index in [0.717, 1.165) is 48.2 Å². The Bertz CT molecular complexity index is 862. The summed E-state index contributed by atoms with van der Waals surface area (Å²) < 4.78 is 5.27. The Hall–Kier alpha value is -2.04. The van der Waals surface area contributed by atoms with E-state index < -0.39 is 0 Å². The van der Waals surface area contributed by atoms with Gasteiger partial charge in [-0.05, 0) is 92.9 Å². The van der Waals surface area contributed by atoms with E-state index in [-0.39, 0.29) is 11.9 Å². The van der Waals surface area contributed by atoms with Crippen LogP contribution in [0.1, 0.15) is 43.2 Å². The largest absolute Gasteiger partial charge is 0.497 e. The molecule has 4 nitrogen and oxygen atoms in total. The number of likely N-dealkylation sites (tertiary alicyclic amines) is 1. The van der Waals surface area contributed by atoms with Gasteiger partial charge in [0, 0.05) is 17.1 Å². The monoisotopic (exact) mass is 440 g/mol. The van der Waals surface area contributed by atoms with Gasteiger partial charge in [-0.3, -0.25) is 9.69 Å². The molecule has 0 aromatic heterocycles. The zero-order valence-corrected chi connectivity index (χ0v) is 19.1. The topological polar surface area (TPSA) is 41.6 Å². The van der Waals surface area contributed by atoms with Crippen molar-refractivity contribution in [3.63, 3.8) is 0 Å². The number of hydrogen-bond acceptors (Lipinski definition) is 3. The van der Waals surface area contributed by atoms with Gasteiger partial charge in [-0.2, -0.15) is 0 Å². The van der Waals surface area contributed by atoms with Crippen molar-refractivity contribution >= 4 is 17.5 Å². The number of hydrogen-bond donors (Lipinski definition) is 1. The molecule has 1 N–H and O–H groups in total. The third-order valence-corrected chi connectivity index (χ3v) is 7.13. The molecule has 0 bridgehead atoms. The van der Waals surface area contributed by atoms with Crippen LogP contribution in [0.5, 0.6) is 5.75 Å². The molecule has 0 unspecified atom stereocenters. The molecule has 0 radical (unpaired) electrons. The van der Waals surface area contributed by atoms with E-state index in [2.05, 4.69) is 22.3 Å². The summed E-state index contributed by atoms with van der Waals surface area (Å²) in [6, 6.07) is 16.8. The average Bonchev–Trinajstić information content (AvgIpc) is 3.24. The lowest BCUT2D eigenvalue weighted by molar-refractivity contribution is -0.121. The maximum Gasteiger partial charge on any atom is 0.224 e. The minimum atomic E-state index is 0.114. The zero-order valence-electron chi connectivity index (χ0n) is 18.4. The third-order valence-electron chi connectivity index (χ3n) is 6.88. The molecule has 2 atom stereocenters. The molecule has 2 fully saturated rings. The van der Waals surface area contributed by atoms with Crippen LogP contribution in [-0.4, -0.2) is 43.1 Å². The number of ether oxygens (including phenoxy) is 1. The second kappa shape index (κ2) is 10.5. The summed E-state index contributed by atoms with van der Waals surface area (Å²) in [5, 5.41) is 4.14. The van der Waals surface area contributed by atoms with Crippen LogP contribution in [0.15, 0.2) is 48.5 Å². The number of rotatable bonds is 7. The SMILES string of the molecule is COc1cccc(CC(=O)N[C@@H]2CCC[C@H]2N2CCC(Cc3ccc(Cl)cc3)CC2)c1. The Balaban J connectivity index is 1.26. The van der Waals surface area contributed by atoms with Crippen LogP contribution in [0, 0.1) is 5.92 Å². The fourth-order valence-corrected chi connectivity index (χ4v) is 5.34. The first-order chi connectivity index (χ1) is 15.1. The van der Waals surface area contributed by atoms with Gasteiger partial charge in [-0.1, -0.05) is 35.9 Å². The molecule has 0 spiro atoms. The number of methoxy groups -OCH3 is 1. The Morgan fingerprint density at radius 2 is 1.84 bits per heavy atom. The van der Waals surface area contributed by atoms with Crippen molar-refractivity contribution < 1.29 is 9.53 Å². The normalized spacial score (nSPS) is 22.4. The highest BCUT2D eigenvalue weighted by atomic mass is 35.5. The summed E-state index contributed by atoms with van der Waals surface area (Å²) in [7, 11) is 1.65. The highest BCUT2D eigenvalue weighted by Gasteiger charge is 2.34. The van der Waals surface area contributed by atoms with Crippen LogP contribution in [0.25, 0.3) is 0 Å². The van der Waals surface area contributed by atoms with Gasteiger partial charge in [0.25, 0.3) is 0 Å². The van der Waals surface area contributed by atoms with Crippen LogP contribution in [0.4, 0.5) is 0 Å². The van der Waals surface area contributed by atoms with Gasteiger partial charge in [0.2, 0.25) is 5.91 Å². The molecule has 1 saturated heterocycles. The van der Waals surface area contributed by atoms with Gasteiger partial charge >= 0.3 is 0 Å². The number of amides is 1. The molecule has 1 amide bonds. The number of carbonyl (C=O) groups excluding carboxylic acids is 1. The molecule has 2 aliphatic rings. The fraction of sp³-hybridized carbons (Fsp3) is 0.500. The van der Waals surface area contributed by atoms with Crippen LogP contribution < -0.4 is 10.1 Å². The number of piperidine rings is 1. The summed E-state index contributed by atoms with van der Waals surface area (Å²) in [6.45, 7) is 2.26. The summed E-state index contributed by atoms with van der Waals surface area (Å²) >= 11 is 6.01. The lowest BCUT2D eigenvalue weighted by Gasteiger charge is -2.38. The summed E-state index contributed by atoms with van der Waals surface area (Å²) in [5.74, 6) is 1.65. The maximum atomic E-state index is 12.7. The highest BCUT2D eigenvalue weighted by molar-refractivity contribution is 6.30. The van der Waals surface area contributed by atoms with E-state index in [1.807, 2.05) is 36.4 Å². The standard InChI is InChI=1S/C26H33ClN2O2/c1-31-23-5-2-4-21(17-23)18-26(30)28-24-6-3-7-25(24)29-14-12-20(13-15-29)16-19-8-10-22(27)11-9-19/h2,4-5,8-11,17,20,24-25H,3,6-7,12-16,18H2,1H3,(H,28,30)/t24-,25-/m1/s1. The van der Waals surface area contributed by atoms with Crippen molar-refractivity contribution in [3.05, 3.63) is 64.7 Å². The van der Waals surface area contributed by atoms with E-state index in [1.165, 1.54) is 31.2 Å². The summed E-state index contributed by atoms with van der Waals surface area (Å²) in [4.78, 5) is 15.3. The predicted molar refractivity (Wildman–Crippen MR) is 126 cm³/mol. The Labute approximate surface area is 190 Å². The Morgan fingerprint density at radius 1 is 1.06 bits per heavy atom. The van der Waals surface area contributed by atoms with E-state index in [4.69, 9.17) is 16.3 Å². The lowest BCUT2D eigenvalue weighted by atomic mass is 9.89. The quantitative estimate of drug-likeness (QED) is 0.666. The number of nitrogens with one attached hydrogen (secondary N) is 1. The second-order valence-corrected chi connectivity index (χ2v) is 9.45. The first-order valence-electron chi connectivity index (χ1n) is 11.5. The predicted octanol–water partition coefficient (Wildman–Crippen LogP) is 4.88. The molecule has 4 rings (SSSR count). The molecule has 2 aromatic carbocycles. The average molecular weight is 441 g/mol. The van der Waals surface area contributed by atoms with E-state index in [9.17, 15) is 4.79 Å². The summed E-state index contributed by atoms with van der Waals surface area (Å²) in [6.07, 6.45) is 7.46. The number of nitrogens with zero attached hydrogens (tertiary/aromatic N) is 1. The first-order valence-corrected chi connectivity index (χ1v) is 11.9. The summed E-state index contributed by atoms with van der Waals surface area (Å²) in [5.41, 5.74) is 2.38. The smallest absolute Gasteiger partial charge is 0.224 e. The fourth-order valence-electron chi connectivity index (χ4n) is 5.21. The molecular weight excluding hydrogens is 408 g/mol. The van der Waals surface area contributed by atoms with Gasteiger partial charge in [0.15, 0.2) is 0 Å². The molecule has 1 heterocycles. The van der Waals surface area contributed by atoms with Crippen LogP contribution in [0.3, 0.4) is 0 Å². The van der Waals surface area contributed by atoms with Crippen LogP contribution >= 0.6 is 11.6 Å². The van der Waals surface area contributed by atoms with Crippen molar-refractivity contribution in [2.45, 2.75) is 57.0 Å². The van der Waals surface area contributed by atoms with Crippen molar-refractivity contribution in [2.24, 2.45) is 5.92 Å². The van der Waals surface area contributed by atoms with Crippen LogP contribution in [-0.2, 0) is 17.6 Å². The molecule has 166 valence electrons. The number of halogens is 1. The van der Waals surface area contributed by atoms with E-state index >= 15 is 0 Å². The van der Waals surface area contributed by atoms with Crippen molar-refractivity contribution in [3.8, 4) is 5.75 Å². The van der Waals surface area contributed by atoms with Gasteiger partial charge in [-0.15, -0.1) is 0 Å². The van der Waals surface area contributed by atoms with Gasteiger partial charge in [-0.25, -0.2) is 0 Å². The van der Waals surface area contributed by atoms with Crippen molar-refractivity contribution in [2.75, 3.05) is 20.2 Å². The van der Waals surface area contributed by atoms with Gasteiger partial charge < -0.3 is 10.1 Å². The minimum absolute atomic E-state index is 0.114. The molecule has 5 heteroatoms. The number of benzene rings is 2. The molecule has 1 aliphatic carbocycles. The van der Waals surface area contributed by atoms with Gasteiger partial charge in [0.1, 0.15) is 5.75 Å². The number of carbonyl (C=O) groups is 1. The molecule has 1 aliphatic heterocycles. The second-order valence-electron chi connectivity index (χ2n) is 9.01. The highest BCUT2D eigenvalue weighted by Crippen LogP contribution is 2.30. The van der Waals surface area contributed by atoms with E-state index in [0.29, 0.717) is 12.5 Å². The van der Waals surface area contributed by atoms with Crippen LogP contribution in [0.2, 0.25) is 5.02 Å². The molecule has 1 saturated carbocycles. The third kappa shape index (κ3) is 6.02. The van der Waals surface area contributed by atoms with E-state index in [1.54, 1.807) is 7.11 Å². The first kappa shape index (κ1) is 22.2. The Kier molecular flexibility index (Phi) is 7.52. The minimum Gasteiger partial charge on any atom is -0.497 e. The molecule has 2 aromatic rings. The Morgan fingerprint density at radius 3 is 2.58 bits per heavy atom. The van der Waals surface area contributed by atoms with Gasteiger partial charge in [0.05, 0.1) is 13.5 Å². The maximum absolute atomic E-state index is 12.7. The zero-order chi connectivity index (χ0) is 21.6. The molecule has 31 heavy (non-hydrogen) atoms. The van der Waals surface area contributed by atoms with Crippen molar-refractivity contribution in [1.29, 1.82) is 0 Å².